The van der Waals surface area contributed by atoms with Crippen LogP contribution in [0.15, 0.2) is 24.3 Å². The number of aryl methyl sites for hydroxylation is 1. The van der Waals surface area contributed by atoms with E-state index in [2.05, 4.69) is 16.0 Å². The van der Waals surface area contributed by atoms with Gasteiger partial charge in [0, 0.05) is 11.7 Å². The maximum Gasteiger partial charge on any atom is 0.321 e. The van der Waals surface area contributed by atoms with E-state index < -0.39 is 24.5 Å². The third kappa shape index (κ3) is 8.43. The average molecular weight is 407 g/mol. The second kappa shape index (κ2) is 11.3. The zero-order valence-corrected chi connectivity index (χ0v) is 16.6. The molecule has 4 amide bonds. The van der Waals surface area contributed by atoms with Crippen molar-refractivity contribution >= 4 is 41.3 Å². The predicted octanol–water partition coefficient (Wildman–Crippen LogP) is 1.98. The summed E-state index contributed by atoms with van der Waals surface area (Å²) in [5.74, 6) is -1.53. The molecule has 28 heavy (non-hydrogen) atoms. The van der Waals surface area contributed by atoms with Gasteiger partial charge in [-0.25, -0.2) is 4.79 Å². The molecule has 0 saturated heterocycles. The molecule has 9 heteroatoms. The Labute approximate surface area is 168 Å². The van der Waals surface area contributed by atoms with E-state index in [1.165, 1.54) is 0 Å². The summed E-state index contributed by atoms with van der Waals surface area (Å²) >= 11 is 1.08. The topological polar surface area (TPSA) is 114 Å². The van der Waals surface area contributed by atoms with Gasteiger partial charge in [0.15, 0.2) is 6.61 Å². The Bertz CT molecular complexity index is 719. The summed E-state index contributed by atoms with van der Waals surface area (Å²) in [4.78, 5) is 46.7. The minimum absolute atomic E-state index is 0.0667. The molecule has 2 rings (SSSR count). The summed E-state index contributed by atoms with van der Waals surface area (Å²) in [5.41, 5.74) is 1.73. The monoisotopic (exact) mass is 407 g/mol. The third-order valence-electron chi connectivity index (χ3n) is 4.06. The molecule has 1 aromatic rings. The predicted molar refractivity (Wildman–Crippen MR) is 107 cm³/mol. The first-order chi connectivity index (χ1) is 13.4. The molecule has 0 unspecified atom stereocenters. The van der Waals surface area contributed by atoms with E-state index in [4.69, 9.17) is 4.74 Å². The number of imide groups is 1. The molecule has 0 heterocycles. The smallest absolute Gasteiger partial charge is 0.321 e. The van der Waals surface area contributed by atoms with Crippen LogP contribution >= 0.6 is 11.8 Å². The molecular weight excluding hydrogens is 382 g/mol. The molecule has 152 valence electrons. The standard InChI is InChI=1S/C19H25N3O5S/c1-13-5-4-8-15(9-13)20-17(24)11-28-12-18(25)27-10-16(23)22-19(26)21-14-6-2-3-7-14/h4-5,8-9,14H,2-3,6-7,10-12H2,1H3,(H,20,24)(H2,21,22,23,26). The lowest BCUT2D eigenvalue weighted by atomic mass is 10.2. The second-order valence-electron chi connectivity index (χ2n) is 6.57. The van der Waals surface area contributed by atoms with E-state index in [0.717, 1.165) is 43.0 Å². The molecular formula is C19H25N3O5S. The first-order valence-corrected chi connectivity index (χ1v) is 10.3. The zero-order valence-electron chi connectivity index (χ0n) is 15.8. The van der Waals surface area contributed by atoms with Crippen LogP contribution in [0.5, 0.6) is 0 Å². The van der Waals surface area contributed by atoms with Gasteiger partial charge in [0.2, 0.25) is 5.91 Å². The van der Waals surface area contributed by atoms with E-state index in [1.807, 2.05) is 25.1 Å². The fourth-order valence-electron chi connectivity index (χ4n) is 2.79. The number of nitrogens with one attached hydrogen (secondary N) is 3. The van der Waals surface area contributed by atoms with Crippen LogP contribution in [0.25, 0.3) is 0 Å². The minimum atomic E-state index is -0.689. The van der Waals surface area contributed by atoms with E-state index in [0.29, 0.717) is 5.69 Å². The number of urea groups is 1. The fourth-order valence-corrected chi connectivity index (χ4v) is 3.40. The van der Waals surface area contributed by atoms with Crippen molar-refractivity contribution in [1.29, 1.82) is 0 Å². The maximum absolute atomic E-state index is 11.8. The highest BCUT2D eigenvalue weighted by molar-refractivity contribution is 8.00. The lowest BCUT2D eigenvalue weighted by Gasteiger charge is -2.12. The van der Waals surface area contributed by atoms with E-state index in [1.54, 1.807) is 6.07 Å². The van der Waals surface area contributed by atoms with Gasteiger partial charge in [-0.1, -0.05) is 25.0 Å². The first kappa shape index (κ1) is 21.7. The Kier molecular flexibility index (Phi) is 8.80. The van der Waals surface area contributed by atoms with Gasteiger partial charge in [-0.05, 0) is 37.5 Å². The van der Waals surface area contributed by atoms with Crippen LogP contribution < -0.4 is 16.0 Å². The van der Waals surface area contributed by atoms with Gasteiger partial charge in [-0.15, -0.1) is 11.8 Å². The lowest BCUT2D eigenvalue weighted by molar-refractivity contribution is -0.145. The number of rotatable bonds is 8. The molecule has 1 saturated carbocycles. The van der Waals surface area contributed by atoms with Gasteiger partial charge >= 0.3 is 12.0 Å². The van der Waals surface area contributed by atoms with Crippen molar-refractivity contribution in [3.63, 3.8) is 0 Å². The van der Waals surface area contributed by atoms with Crippen molar-refractivity contribution in [2.45, 2.75) is 38.6 Å². The number of anilines is 1. The van der Waals surface area contributed by atoms with E-state index in [-0.39, 0.29) is 23.5 Å². The molecule has 0 atom stereocenters. The molecule has 1 aliphatic carbocycles. The number of benzene rings is 1. The second-order valence-corrected chi connectivity index (χ2v) is 7.56. The molecule has 1 fully saturated rings. The number of thioether (sulfide) groups is 1. The molecule has 3 N–H and O–H groups in total. The molecule has 0 spiro atoms. The summed E-state index contributed by atoms with van der Waals surface area (Å²) < 4.78 is 4.81. The van der Waals surface area contributed by atoms with Crippen molar-refractivity contribution in [2.75, 3.05) is 23.4 Å². The van der Waals surface area contributed by atoms with Gasteiger partial charge in [-0.2, -0.15) is 0 Å². The lowest BCUT2D eigenvalue weighted by Crippen LogP contribution is -2.45. The summed E-state index contributed by atoms with van der Waals surface area (Å²) in [6.07, 6.45) is 3.95. The largest absolute Gasteiger partial charge is 0.455 e. The van der Waals surface area contributed by atoms with Crippen molar-refractivity contribution < 1.29 is 23.9 Å². The van der Waals surface area contributed by atoms with Gasteiger partial charge in [0.05, 0.1) is 11.5 Å². The quantitative estimate of drug-likeness (QED) is 0.568. The number of esters is 1. The van der Waals surface area contributed by atoms with Gasteiger partial charge < -0.3 is 15.4 Å². The summed E-state index contributed by atoms with van der Waals surface area (Å²) in [6.45, 7) is 1.39. The van der Waals surface area contributed by atoms with Crippen molar-refractivity contribution in [2.24, 2.45) is 0 Å². The molecule has 1 aromatic carbocycles. The molecule has 0 bridgehead atoms. The van der Waals surface area contributed by atoms with Crippen LogP contribution in [-0.2, 0) is 19.1 Å². The van der Waals surface area contributed by atoms with Crippen LogP contribution in [0.2, 0.25) is 0 Å². The Morgan fingerprint density at radius 3 is 2.57 bits per heavy atom. The van der Waals surface area contributed by atoms with Gasteiger partial charge in [-0.3, -0.25) is 19.7 Å². The van der Waals surface area contributed by atoms with Crippen molar-refractivity contribution in [1.82, 2.24) is 10.6 Å². The Balaban J connectivity index is 1.55. The highest BCUT2D eigenvalue weighted by Crippen LogP contribution is 2.17. The Morgan fingerprint density at radius 1 is 1.11 bits per heavy atom. The summed E-state index contributed by atoms with van der Waals surface area (Å²) in [6, 6.07) is 6.92. The summed E-state index contributed by atoms with van der Waals surface area (Å²) in [7, 11) is 0. The van der Waals surface area contributed by atoms with E-state index in [9.17, 15) is 19.2 Å². The number of hydrogen-bond donors (Lipinski definition) is 3. The molecule has 1 aliphatic rings. The summed E-state index contributed by atoms with van der Waals surface area (Å²) in [5, 5.41) is 7.58. The Morgan fingerprint density at radius 2 is 1.86 bits per heavy atom. The zero-order chi connectivity index (χ0) is 20.4. The number of carbonyl (C=O) groups excluding carboxylic acids is 4. The van der Waals surface area contributed by atoms with Crippen molar-refractivity contribution in [3.05, 3.63) is 29.8 Å². The Hall–Kier alpha value is -2.55. The molecule has 0 aromatic heterocycles. The van der Waals surface area contributed by atoms with E-state index >= 15 is 0 Å². The highest BCUT2D eigenvalue weighted by Gasteiger charge is 2.18. The number of hydrogen-bond acceptors (Lipinski definition) is 6. The fraction of sp³-hybridized carbons (Fsp3) is 0.474. The molecule has 0 aliphatic heterocycles. The number of carbonyl (C=O) groups is 4. The number of amides is 4. The first-order valence-electron chi connectivity index (χ1n) is 9.12. The number of ether oxygens (including phenoxy) is 1. The molecule has 8 nitrogen and oxygen atoms in total. The van der Waals surface area contributed by atoms with Crippen LogP contribution in [-0.4, -0.2) is 48.0 Å². The van der Waals surface area contributed by atoms with Crippen LogP contribution in [0, 0.1) is 6.92 Å². The van der Waals surface area contributed by atoms with Crippen LogP contribution in [0.1, 0.15) is 31.2 Å². The highest BCUT2D eigenvalue weighted by atomic mass is 32.2. The van der Waals surface area contributed by atoms with Crippen molar-refractivity contribution in [3.8, 4) is 0 Å². The van der Waals surface area contributed by atoms with Gasteiger partial charge in [0.25, 0.3) is 5.91 Å². The minimum Gasteiger partial charge on any atom is -0.455 e. The normalized spacial score (nSPS) is 13.6. The SMILES string of the molecule is Cc1cccc(NC(=O)CSCC(=O)OCC(=O)NC(=O)NC2CCCC2)c1. The van der Waals surface area contributed by atoms with Crippen LogP contribution in [0.4, 0.5) is 10.5 Å². The van der Waals surface area contributed by atoms with Crippen LogP contribution in [0.3, 0.4) is 0 Å². The molecule has 0 radical (unpaired) electrons. The van der Waals surface area contributed by atoms with Gasteiger partial charge in [0.1, 0.15) is 0 Å². The average Bonchev–Trinajstić information content (AvgIpc) is 3.12. The maximum atomic E-state index is 11.8. The third-order valence-corrected chi connectivity index (χ3v) is 4.97.